The van der Waals surface area contributed by atoms with Crippen molar-refractivity contribution >= 4 is 17.4 Å². The number of nitrogens with zero attached hydrogens (tertiary/aromatic N) is 1. The lowest BCUT2D eigenvalue weighted by Gasteiger charge is -2.27. The number of methoxy groups -OCH3 is 1. The number of aliphatic hydroxyl groups excluding tert-OH is 1. The van der Waals surface area contributed by atoms with Gasteiger partial charge >= 0.3 is 0 Å². The molecule has 7 heteroatoms. The minimum Gasteiger partial charge on any atom is -0.507 e. The average Bonchev–Trinajstić information content (AvgIpc) is 3.47. The summed E-state index contributed by atoms with van der Waals surface area (Å²) in [5, 5.41) is 11.6. The highest BCUT2D eigenvalue weighted by Gasteiger charge is 2.46. The Balaban J connectivity index is 1.64. The predicted octanol–water partition coefficient (Wildman–Crippen LogP) is 5.96. The molecule has 1 N–H and O–H groups in total. The molecule has 0 saturated carbocycles. The average molecular weight is 528 g/mol. The van der Waals surface area contributed by atoms with Crippen LogP contribution < -0.4 is 14.2 Å². The molecule has 2 aliphatic heterocycles. The number of hydrogen-bond donors (Lipinski definition) is 1. The maximum atomic E-state index is 13.6. The zero-order valence-electron chi connectivity index (χ0n) is 23.1. The molecule has 2 aliphatic rings. The van der Waals surface area contributed by atoms with Crippen molar-refractivity contribution in [2.45, 2.75) is 52.6 Å². The predicted molar refractivity (Wildman–Crippen MR) is 148 cm³/mol. The highest BCUT2D eigenvalue weighted by molar-refractivity contribution is 6.46. The summed E-state index contributed by atoms with van der Waals surface area (Å²) < 4.78 is 16.4. The third kappa shape index (κ3) is 4.73. The Kier molecular flexibility index (Phi) is 6.62. The number of Topliss-reactive ketones (excluding diaryl/α,β-unsaturated/α-hetero) is 1. The summed E-state index contributed by atoms with van der Waals surface area (Å²) in [6, 6.07) is 16.2. The second kappa shape index (κ2) is 9.80. The number of rotatable bonds is 5. The molecule has 1 amide bonds. The highest BCUT2D eigenvalue weighted by atomic mass is 16.7. The van der Waals surface area contributed by atoms with Gasteiger partial charge in [0.2, 0.25) is 6.79 Å². The van der Waals surface area contributed by atoms with Crippen LogP contribution in [0, 0.1) is 13.8 Å². The van der Waals surface area contributed by atoms with Crippen LogP contribution in [0.3, 0.4) is 0 Å². The molecule has 39 heavy (non-hydrogen) atoms. The molecule has 3 aromatic rings. The molecule has 1 unspecified atom stereocenters. The van der Waals surface area contributed by atoms with Crippen LogP contribution in [-0.2, 0) is 21.5 Å². The molecule has 0 radical (unpaired) electrons. The first-order valence-electron chi connectivity index (χ1n) is 12.9. The lowest BCUT2D eigenvalue weighted by molar-refractivity contribution is -0.140. The monoisotopic (exact) mass is 527 g/mol. The summed E-state index contributed by atoms with van der Waals surface area (Å²) in [6.45, 7) is 10.4. The van der Waals surface area contributed by atoms with E-state index in [1.165, 1.54) is 4.90 Å². The molecule has 7 nitrogen and oxygen atoms in total. The van der Waals surface area contributed by atoms with E-state index in [0.29, 0.717) is 22.8 Å². The molecule has 0 aliphatic carbocycles. The van der Waals surface area contributed by atoms with Crippen LogP contribution in [0.5, 0.6) is 17.2 Å². The van der Waals surface area contributed by atoms with Gasteiger partial charge in [0.25, 0.3) is 11.7 Å². The van der Waals surface area contributed by atoms with Gasteiger partial charge in [0.1, 0.15) is 11.5 Å². The summed E-state index contributed by atoms with van der Waals surface area (Å²) in [7, 11) is 1.59. The molecular formula is C32H33NO6. The molecule has 0 bridgehead atoms. The van der Waals surface area contributed by atoms with Crippen LogP contribution in [-0.4, -0.2) is 35.6 Å². The minimum atomic E-state index is -0.772. The summed E-state index contributed by atoms with van der Waals surface area (Å²) in [5.74, 6) is 0.337. The molecule has 1 fully saturated rings. The van der Waals surface area contributed by atoms with E-state index in [4.69, 9.17) is 14.2 Å². The number of aryl methyl sites for hydroxylation is 2. The minimum absolute atomic E-state index is 0.0649. The fourth-order valence-electron chi connectivity index (χ4n) is 5.20. The number of ketones is 1. The van der Waals surface area contributed by atoms with Gasteiger partial charge in [-0.3, -0.25) is 9.59 Å². The van der Waals surface area contributed by atoms with Crippen molar-refractivity contribution in [3.05, 3.63) is 93.6 Å². The van der Waals surface area contributed by atoms with E-state index in [1.807, 2.05) is 56.3 Å². The molecule has 0 aromatic heterocycles. The number of carbonyl (C=O) groups excluding carboxylic acids is 2. The standard InChI is InChI=1S/C32H33NO6/c1-18-14-25(37-6)19(2)13-23(18)29(34)27-28(21-8-10-22(11-9-21)32(3,4)5)33(31(36)30(27)35)16-20-7-12-24-26(15-20)39-17-38-24/h7-15,28,34H,16-17H2,1-6H3/b29-27+. The maximum absolute atomic E-state index is 13.6. The smallest absolute Gasteiger partial charge is 0.295 e. The van der Waals surface area contributed by atoms with Crippen LogP contribution in [0.4, 0.5) is 0 Å². The Morgan fingerprint density at radius 2 is 1.67 bits per heavy atom. The fourth-order valence-corrected chi connectivity index (χ4v) is 5.20. The molecular weight excluding hydrogens is 494 g/mol. The van der Waals surface area contributed by atoms with Gasteiger partial charge in [-0.1, -0.05) is 51.1 Å². The van der Waals surface area contributed by atoms with Crippen LogP contribution in [0.2, 0.25) is 0 Å². The van der Waals surface area contributed by atoms with Gasteiger partial charge < -0.3 is 24.2 Å². The Labute approximate surface area is 228 Å². The molecule has 1 atom stereocenters. The summed E-state index contributed by atoms with van der Waals surface area (Å²) in [4.78, 5) is 28.6. The van der Waals surface area contributed by atoms with Crippen molar-refractivity contribution in [1.82, 2.24) is 4.90 Å². The van der Waals surface area contributed by atoms with Gasteiger partial charge in [-0.25, -0.2) is 0 Å². The second-order valence-electron chi connectivity index (χ2n) is 11.1. The topological polar surface area (TPSA) is 85.3 Å². The number of ether oxygens (including phenoxy) is 3. The van der Waals surface area contributed by atoms with Crippen molar-refractivity contribution in [2.75, 3.05) is 13.9 Å². The van der Waals surface area contributed by atoms with Crippen molar-refractivity contribution in [1.29, 1.82) is 0 Å². The fraction of sp³-hybridized carbons (Fsp3) is 0.312. The van der Waals surface area contributed by atoms with Crippen LogP contribution in [0.15, 0.2) is 60.2 Å². The maximum Gasteiger partial charge on any atom is 0.295 e. The SMILES string of the molecule is COc1cc(C)c(/C(O)=C2\C(=O)C(=O)N(Cc3ccc4c(c3)OCO4)C2c2ccc(C(C)(C)C)cc2)cc1C. The number of aliphatic hydroxyl groups is 1. The van der Waals surface area contributed by atoms with E-state index in [9.17, 15) is 14.7 Å². The Morgan fingerprint density at radius 3 is 2.33 bits per heavy atom. The van der Waals surface area contributed by atoms with Crippen molar-refractivity contribution < 1.29 is 28.9 Å². The molecule has 3 aromatic carbocycles. The number of amides is 1. The zero-order chi connectivity index (χ0) is 28.1. The van der Waals surface area contributed by atoms with Crippen LogP contribution in [0.25, 0.3) is 5.76 Å². The van der Waals surface area contributed by atoms with E-state index in [2.05, 4.69) is 20.8 Å². The molecule has 0 spiro atoms. The van der Waals surface area contributed by atoms with Gasteiger partial charge in [0, 0.05) is 12.1 Å². The normalized spacial score (nSPS) is 18.1. The first-order chi connectivity index (χ1) is 18.5. The number of benzene rings is 3. The van der Waals surface area contributed by atoms with Crippen molar-refractivity contribution in [3.8, 4) is 17.2 Å². The Morgan fingerprint density at radius 1 is 0.974 bits per heavy atom. The third-order valence-corrected chi connectivity index (χ3v) is 7.42. The molecule has 5 rings (SSSR count). The highest BCUT2D eigenvalue weighted by Crippen LogP contribution is 2.42. The quantitative estimate of drug-likeness (QED) is 0.250. The van der Waals surface area contributed by atoms with Crippen LogP contribution in [0.1, 0.15) is 60.2 Å². The van der Waals surface area contributed by atoms with Crippen LogP contribution >= 0.6 is 0 Å². The number of likely N-dealkylation sites (tertiary alicyclic amines) is 1. The Hall–Kier alpha value is -4.26. The first-order valence-corrected chi connectivity index (χ1v) is 12.9. The summed E-state index contributed by atoms with van der Waals surface area (Å²) in [5.41, 5.74) is 4.69. The van der Waals surface area contributed by atoms with Crippen molar-refractivity contribution in [3.63, 3.8) is 0 Å². The van der Waals surface area contributed by atoms with Crippen molar-refractivity contribution in [2.24, 2.45) is 0 Å². The number of carbonyl (C=O) groups is 2. The van der Waals surface area contributed by atoms with E-state index < -0.39 is 17.7 Å². The summed E-state index contributed by atoms with van der Waals surface area (Å²) >= 11 is 0. The van der Waals surface area contributed by atoms with E-state index in [0.717, 1.165) is 27.8 Å². The number of fused-ring (bicyclic) bond motifs is 1. The Bertz CT molecular complexity index is 1500. The van der Waals surface area contributed by atoms with E-state index in [1.54, 1.807) is 19.2 Å². The lowest BCUT2D eigenvalue weighted by atomic mass is 9.85. The van der Waals surface area contributed by atoms with Gasteiger partial charge in [0.15, 0.2) is 11.5 Å². The van der Waals surface area contributed by atoms with Gasteiger partial charge in [-0.2, -0.15) is 0 Å². The molecule has 1 saturated heterocycles. The third-order valence-electron chi connectivity index (χ3n) is 7.42. The van der Waals surface area contributed by atoms with E-state index >= 15 is 0 Å². The zero-order valence-corrected chi connectivity index (χ0v) is 23.1. The second-order valence-corrected chi connectivity index (χ2v) is 11.1. The van der Waals surface area contributed by atoms with Gasteiger partial charge in [-0.15, -0.1) is 0 Å². The largest absolute Gasteiger partial charge is 0.507 e. The van der Waals surface area contributed by atoms with E-state index in [-0.39, 0.29) is 30.1 Å². The molecule has 202 valence electrons. The first kappa shape index (κ1) is 26.4. The number of hydrogen-bond acceptors (Lipinski definition) is 6. The lowest BCUT2D eigenvalue weighted by Crippen LogP contribution is -2.29. The van der Waals surface area contributed by atoms with Gasteiger partial charge in [-0.05, 0) is 71.3 Å². The summed E-state index contributed by atoms with van der Waals surface area (Å²) in [6.07, 6.45) is 0. The van der Waals surface area contributed by atoms with Gasteiger partial charge in [0.05, 0.1) is 18.7 Å². The molecule has 2 heterocycles.